The number of pyridine rings is 1. The van der Waals surface area contributed by atoms with E-state index in [4.69, 9.17) is 5.10 Å². The Labute approximate surface area is 165 Å². The van der Waals surface area contributed by atoms with Gasteiger partial charge in [-0.25, -0.2) is 13.9 Å². The van der Waals surface area contributed by atoms with Gasteiger partial charge in [-0.05, 0) is 42.5 Å². The van der Waals surface area contributed by atoms with Crippen molar-refractivity contribution in [3.63, 3.8) is 0 Å². The molecule has 0 aliphatic carbocycles. The summed E-state index contributed by atoms with van der Waals surface area (Å²) in [5.74, 6) is 0.349. The molecule has 0 fully saturated rings. The van der Waals surface area contributed by atoms with Gasteiger partial charge in [-0.1, -0.05) is 73.5 Å². The Balaban J connectivity index is 2.03. The van der Waals surface area contributed by atoms with Gasteiger partial charge in [0.25, 0.3) is 0 Å². The molecule has 142 valence electrons. The number of nitrogens with zero attached hydrogens (tertiary/aromatic N) is 3. The van der Waals surface area contributed by atoms with Gasteiger partial charge >= 0.3 is 5.69 Å². The van der Waals surface area contributed by atoms with Gasteiger partial charge < -0.3 is 0 Å². The molecule has 0 atom stereocenters. The Hall–Kier alpha value is -3.14. The largest absolute Gasteiger partial charge is 0.350 e. The second-order valence-corrected chi connectivity index (χ2v) is 7.89. The Bertz CT molecular complexity index is 1180. The average Bonchev–Trinajstić information content (AvgIpc) is 2.98. The molecule has 0 aliphatic rings. The van der Waals surface area contributed by atoms with Crippen LogP contribution in [0.15, 0.2) is 65.6 Å². The van der Waals surface area contributed by atoms with Crippen molar-refractivity contribution in [1.82, 2.24) is 14.2 Å². The van der Waals surface area contributed by atoms with Gasteiger partial charge in [-0.2, -0.15) is 0 Å². The van der Waals surface area contributed by atoms with Crippen molar-refractivity contribution in [2.24, 2.45) is 5.92 Å². The van der Waals surface area contributed by atoms with Gasteiger partial charge in [0.2, 0.25) is 0 Å². The van der Waals surface area contributed by atoms with Crippen LogP contribution in [0.5, 0.6) is 0 Å². The van der Waals surface area contributed by atoms with E-state index in [1.54, 1.807) is 9.08 Å². The zero-order chi connectivity index (χ0) is 19.8. The summed E-state index contributed by atoms with van der Waals surface area (Å²) in [5.41, 5.74) is 7.29. The number of rotatable bonds is 4. The fourth-order valence-corrected chi connectivity index (χ4v) is 3.52. The summed E-state index contributed by atoms with van der Waals surface area (Å²) in [4.78, 5) is 12.9. The summed E-state index contributed by atoms with van der Waals surface area (Å²) >= 11 is 0. The van der Waals surface area contributed by atoms with E-state index in [2.05, 4.69) is 76.2 Å². The minimum atomic E-state index is -0.0903. The first kappa shape index (κ1) is 18.2. The highest BCUT2D eigenvalue weighted by Gasteiger charge is 2.17. The number of aromatic nitrogens is 3. The van der Waals surface area contributed by atoms with E-state index >= 15 is 0 Å². The van der Waals surface area contributed by atoms with Crippen molar-refractivity contribution >= 4 is 5.65 Å². The monoisotopic (exact) mass is 371 g/mol. The van der Waals surface area contributed by atoms with Crippen LogP contribution in [-0.2, 0) is 6.54 Å². The normalized spacial score (nSPS) is 11.5. The molecule has 0 bridgehead atoms. The molecule has 0 spiro atoms. The van der Waals surface area contributed by atoms with Crippen molar-refractivity contribution in [3.05, 3.63) is 82.4 Å². The quantitative estimate of drug-likeness (QED) is 0.500. The lowest BCUT2D eigenvalue weighted by atomic mass is 9.95. The molecule has 4 heteroatoms. The minimum absolute atomic E-state index is 0.0903. The molecule has 2 aromatic heterocycles. The molecule has 28 heavy (non-hydrogen) atoms. The van der Waals surface area contributed by atoms with Crippen molar-refractivity contribution in [3.8, 4) is 22.3 Å². The van der Waals surface area contributed by atoms with Crippen molar-refractivity contribution in [2.75, 3.05) is 0 Å². The van der Waals surface area contributed by atoms with E-state index in [1.165, 1.54) is 11.1 Å². The highest BCUT2D eigenvalue weighted by molar-refractivity contribution is 5.91. The van der Waals surface area contributed by atoms with Crippen LogP contribution < -0.4 is 5.69 Å². The van der Waals surface area contributed by atoms with Gasteiger partial charge in [-0.15, -0.1) is 5.10 Å². The minimum Gasteiger partial charge on any atom is -0.250 e. The first-order valence-corrected chi connectivity index (χ1v) is 9.70. The first-order chi connectivity index (χ1) is 13.4. The summed E-state index contributed by atoms with van der Waals surface area (Å²) in [6, 6.07) is 18.9. The van der Waals surface area contributed by atoms with E-state index in [0.29, 0.717) is 18.1 Å². The lowest BCUT2D eigenvalue weighted by molar-refractivity contribution is 0.471. The van der Waals surface area contributed by atoms with E-state index in [9.17, 15) is 4.79 Å². The summed E-state index contributed by atoms with van der Waals surface area (Å²) < 4.78 is 3.24. The molecule has 0 amide bonds. The zero-order valence-electron chi connectivity index (χ0n) is 16.8. The molecule has 4 aromatic rings. The molecule has 2 aromatic carbocycles. The van der Waals surface area contributed by atoms with E-state index < -0.39 is 0 Å². The van der Waals surface area contributed by atoms with Crippen LogP contribution in [0, 0.1) is 19.8 Å². The Morgan fingerprint density at radius 2 is 1.43 bits per heavy atom. The van der Waals surface area contributed by atoms with Gasteiger partial charge in [0.15, 0.2) is 5.65 Å². The number of fused-ring (bicyclic) bond motifs is 1. The Morgan fingerprint density at radius 1 is 0.857 bits per heavy atom. The molecule has 0 N–H and O–H groups in total. The highest BCUT2D eigenvalue weighted by atomic mass is 16.2. The molecule has 0 aliphatic heterocycles. The number of benzene rings is 2. The zero-order valence-corrected chi connectivity index (χ0v) is 16.8. The smallest absolute Gasteiger partial charge is 0.250 e. The molecule has 0 saturated heterocycles. The maximum absolute atomic E-state index is 12.9. The van der Waals surface area contributed by atoms with E-state index in [-0.39, 0.29) is 5.69 Å². The van der Waals surface area contributed by atoms with Crippen LogP contribution in [0.4, 0.5) is 0 Å². The third-order valence-electron chi connectivity index (χ3n) is 4.99. The van der Waals surface area contributed by atoms with E-state index in [1.807, 2.05) is 12.3 Å². The number of aryl methyl sites for hydroxylation is 2. The second kappa shape index (κ2) is 7.12. The van der Waals surface area contributed by atoms with Crippen LogP contribution in [0.25, 0.3) is 27.9 Å². The lowest BCUT2D eigenvalue weighted by Crippen LogP contribution is -2.23. The summed E-state index contributed by atoms with van der Waals surface area (Å²) in [5, 5.41) is 4.72. The van der Waals surface area contributed by atoms with Crippen molar-refractivity contribution in [1.29, 1.82) is 0 Å². The molecule has 0 saturated carbocycles. The van der Waals surface area contributed by atoms with Crippen LogP contribution in [0.1, 0.15) is 25.0 Å². The lowest BCUT2D eigenvalue weighted by Gasteiger charge is -2.12. The topological polar surface area (TPSA) is 39.3 Å². The molecule has 0 radical (unpaired) electrons. The third-order valence-corrected chi connectivity index (χ3v) is 4.99. The van der Waals surface area contributed by atoms with Crippen LogP contribution in [0.3, 0.4) is 0 Å². The molecule has 4 rings (SSSR count). The average molecular weight is 371 g/mol. The van der Waals surface area contributed by atoms with Gasteiger partial charge in [-0.3, -0.25) is 0 Å². The fraction of sp³-hybridized carbons (Fsp3) is 0.250. The van der Waals surface area contributed by atoms with Crippen LogP contribution >= 0.6 is 0 Å². The SMILES string of the molecule is Cc1ccc(-c2ccn3c(=O)n(CC(C)C)nc3c2-c2ccc(C)cc2)cc1. The molecule has 2 heterocycles. The van der Waals surface area contributed by atoms with Crippen molar-refractivity contribution in [2.45, 2.75) is 34.2 Å². The Morgan fingerprint density at radius 3 is 2.00 bits per heavy atom. The molecular formula is C24H25N3O. The predicted octanol–water partition coefficient (Wildman–Crippen LogP) is 5.10. The highest BCUT2D eigenvalue weighted by Crippen LogP contribution is 2.34. The molecule has 4 nitrogen and oxygen atoms in total. The fourth-order valence-electron chi connectivity index (χ4n) is 3.52. The summed E-state index contributed by atoms with van der Waals surface area (Å²) in [6.07, 6.45) is 1.84. The summed E-state index contributed by atoms with van der Waals surface area (Å²) in [6.45, 7) is 8.95. The van der Waals surface area contributed by atoms with E-state index in [0.717, 1.165) is 22.3 Å². The predicted molar refractivity (Wildman–Crippen MR) is 115 cm³/mol. The van der Waals surface area contributed by atoms with Gasteiger partial charge in [0.05, 0.1) is 0 Å². The number of hydrogen-bond acceptors (Lipinski definition) is 2. The van der Waals surface area contributed by atoms with Crippen molar-refractivity contribution < 1.29 is 0 Å². The maximum Gasteiger partial charge on any atom is 0.350 e. The van der Waals surface area contributed by atoms with Gasteiger partial charge in [0, 0.05) is 18.3 Å². The van der Waals surface area contributed by atoms with Crippen LogP contribution in [0.2, 0.25) is 0 Å². The van der Waals surface area contributed by atoms with Gasteiger partial charge in [0.1, 0.15) is 0 Å². The van der Waals surface area contributed by atoms with Crippen LogP contribution in [-0.4, -0.2) is 14.2 Å². The standard InChI is InChI=1S/C24H25N3O/c1-16(2)15-27-24(28)26-14-13-21(19-9-5-17(3)6-10-19)22(23(26)25-27)20-11-7-18(4)8-12-20/h5-14,16H,15H2,1-4H3. The molecular weight excluding hydrogens is 346 g/mol. The summed E-state index contributed by atoms with van der Waals surface area (Å²) in [7, 11) is 0. The Kier molecular flexibility index (Phi) is 4.63. The maximum atomic E-state index is 12.9. The molecule has 0 unspecified atom stereocenters. The number of hydrogen-bond donors (Lipinski definition) is 0. The first-order valence-electron chi connectivity index (χ1n) is 9.70. The second-order valence-electron chi connectivity index (χ2n) is 7.89. The third kappa shape index (κ3) is 3.26.